The lowest BCUT2D eigenvalue weighted by Gasteiger charge is -2.31. The fraction of sp³-hybridized carbons (Fsp3) is 0.714. The number of hydrogen-bond acceptors (Lipinski definition) is 4. The van der Waals surface area contributed by atoms with Crippen LogP contribution in [0.4, 0.5) is 11.6 Å². The van der Waals surface area contributed by atoms with Crippen molar-refractivity contribution in [2.24, 2.45) is 5.92 Å². The molecule has 0 unspecified atom stereocenters. The summed E-state index contributed by atoms with van der Waals surface area (Å²) in [6.45, 7) is 6.65. The molecule has 1 aromatic heterocycles. The number of anilines is 2. The standard InChI is InChI=1S/C14H21ClN4/c1-11-4-8-19(9-5-11)13-10-12(16-14(15)17-13)18-6-2-3-7-18/h10-11H,2-9H2,1H3. The minimum Gasteiger partial charge on any atom is -0.356 e. The van der Waals surface area contributed by atoms with Gasteiger partial charge in [-0.2, -0.15) is 0 Å². The molecule has 4 nitrogen and oxygen atoms in total. The topological polar surface area (TPSA) is 32.3 Å². The highest BCUT2D eigenvalue weighted by Crippen LogP contribution is 2.27. The Morgan fingerprint density at radius 2 is 1.53 bits per heavy atom. The van der Waals surface area contributed by atoms with Crippen molar-refractivity contribution in [1.29, 1.82) is 0 Å². The Morgan fingerprint density at radius 1 is 1.00 bits per heavy atom. The van der Waals surface area contributed by atoms with E-state index in [1.54, 1.807) is 0 Å². The maximum absolute atomic E-state index is 6.10. The van der Waals surface area contributed by atoms with Gasteiger partial charge in [0.2, 0.25) is 5.28 Å². The molecule has 104 valence electrons. The van der Waals surface area contributed by atoms with Crippen molar-refractivity contribution in [3.8, 4) is 0 Å². The van der Waals surface area contributed by atoms with E-state index in [-0.39, 0.29) is 0 Å². The van der Waals surface area contributed by atoms with Crippen LogP contribution in [-0.2, 0) is 0 Å². The molecule has 2 saturated heterocycles. The van der Waals surface area contributed by atoms with Crippen LogP contribution in [0, 0.1) is 5.92 Å². The third kappa shape index (κ3) is 2.94. The van der Waals surface area contributed by atoms with E-state index >= 15 is 0 Å². The largest absolute Gasteiger partial charge is 0.356 e. The maximum atomic E-state index is 6.10. The Balaban J connectivity index is 1.80. The Kier molecular flexibility index (Phi) is 3.78. The zero-order valence-electron chi connectivity index (χ0n) is 11.5. The molecule has 0 saturated carbocycles. The first kappa shape index (κ1) is 13.0. The van der Waals surface area contributed by atoms with Gasteiger partial charge in [-0.05, 0) is 43.2 Å². The van der Waals surface area contributed by atoms with Crippen LogP contribution in [0.25, 0.3) is 0 Å². The van der Waals surface area contributed by atoms with Crippen LogP contribution >= 0.6 is 11.6 Å². The second-order valence-corrected chi connectivity index (χ2v) is 6.06. The van der Waals surface area contributed by atoms with Gasteiger partial charge in [-0.25, -0.2) is 9.97 Å². The zero-order chi connectivity index (χ0) is 13.2. The highest BCUT2D eigenvalue weighted by Gasteiger charge is 2.20. The smallest absolute Gasteiger partial charge is 0.226 e. The highest BCUT2D eigenvalue weighted by molar-refractivity contribution is 6.28. The lowest BCUT2D eigenvalue weighted by Crippen LogP contribution is -2.33. The number of hydrogen-bond donors (Lipinski definition) is 0. The Bertz CT molecular complexity index is 437. The van der Waals surface area contributed by atoms with Crippen LogP contribution in [0.15, 0.2) is 6.07 Å². The average molecular weight is 281 g/mol. The zero-order valence-corrected chi connectivity index (χ0v) is 12.2. The van der Waals surface area contributed by atoms with Gasteiger partial charge >= 0.3 is 0 Å². The first-order valence-corrected chi connectivity index (χ1v) is 7.64. The predicted molar refractivity (Wildman–Crippen MR) is 79.1 cm³/mol. The summed E-state index contributed by atoms with van der Waals surface area (Å²) in [5.41, 5.74) is 0. The van der Waals surface area contributed by atoms with E-state index in [0.717, 1.165) is 43.7 Å². The molecule has 2 aliphatic heterocycles. The van der Waals surface area contributed by atoms with Gasteiger partial charge in [0.15, 0.2) is 0 Å². The molecular formula is C14H21ClN4. The lowest BCUT2D eigenvalue weighted by atomic mass is 9.99. The molecule has 5 heteroatoms. The second kappa shape index (κ2) is 5.53. The number of aromatic nitrogens is 2. The minimum absolute atomic E-state index is 0.373. The van der Waals surface area contributed by atoms with Crippen LogP contribution < -0.4 is 9.80 Å². The number of piperidine rings is 1. The lowest BCUT2D eigenvalue weighted by molar-refractivity contribution is 0.436. The summed E-state index contributed by atoms with van der Waals surface area (Å²) in [4.78, 5) is 13.4. The van der Waals surface area contributed by atoms with Crippen LogP contribution in [0.2, 0.25) is 5.28 Å². The fourth-order valence-electron chi connectivity index (χ4n) is 2.90. The van der Waals surface area contributed by atoms with Gasteiger partial charge in [0.1, 0.15) is 11.6 Å². The van der Waals surface area contributed by atoms with E-state index in [2.05, 4.69) is 32.8 Å². The number of rotatable bonds is 2. The van der Waals surface area contributed by atoms with E-state index in [0.29, 0.717) is 5.28 Å². The van der Waals surface area contributed by atoms with Crippen molar-refractivity contribution in [1.82, 2.24) is 9.97 Å². The summed E-state index contributed by atoms with van der Waals surface area (Å²) in [6, 6.07) is 2.10. The van der Waals surface area contributed by atoms with Gasteiger partial charge in [-0.3, -0.25) is 0 Å². The maximum Gasteiger partial charge on any atom is 0.226 e. The molecule has 0 aliphatic carbocycles. The van der Waals surface area contributed by atoms with Crippen molar-refractivity contribution < 1.29 is 0 Å². The molecule has 2 fully saturated rings. The quantitative estimate of drug-likeness (QED) is 0.780. The summed E-state index contributed by atoms with van der Waals surface area (Å²) < 4.78 is 0. The summed E-state index contributed by atoms with van der Waals surface area (Å²) >= 11 is 6.10. The van der Waals surface area contributed by atoms with Gasteiger partial charge < -0.3 is 9.80 Å². The highest BCUT2D eigenvalue weighted by atomic mass is 35.5. The normalized spacial score (nSPS) is 21.2. The van der Waals surface area contributed by atoms with E-state index in [1.165, 1.54) is 25.7 Å². The molecule has 0 atom stereocenters. The van der Waals surface area contributed by atoms with E-state index in [4.69, 9.17) is 11.6 Å². The molecule has 0 bridgehead atoms. The molecule has 3 heterocycles. The minimum atomic E-state index is 0.373. The Labute approximate surface area is 119 Å². The van der Waals surface area contributed by atoms with Crippen LogP contribution in [-0.4, -0.2) is 36.1 Å². The first-order valence-electron chi connectivity index (χ1n) is 7.27. The molecule has 3 rings (SSSR count). The summed E-state index contributed by atoms with van der Waals surface area (Å²) in [5, 5.41) is 0.373. The second-order valence-electron chi connectivity index (χ2n) is 5.72. The molecule has 0 amide bonds. The van der Waals surface area contributed by atoms with Crippen LogP contribution in [0.1, 0.15) is 32.6 Å². The third-order valence-corrected chi connectivity index (χ3v) is 4.38. The average Bonchev–Trinajstić information content (AvgIpc) is 2.93. The molecular weight excluding hydrogens is 260 g/mol. The van der Waals surface area contributed by atoms with E-state index in [9.17, 15) is 0 Å². The van der Waals surface area contributed by atoms with Gasteiger partial charge in [-0.1, -0.05) is 6.92 Å². The van der Waals surface area contributed by atoms with Gasteiger partial charge in [0, 0.05) is 32.2 Å². The molecule has 19 heavy (non-hydrogen) atoms. The number of halogens is 1. The Morgan fingerprint density at radius 3 is 2.11 bits per heavy atom. The predicted octanol–water partition coefficient (Wildman–Crippen LogP) is 2.97. The summed E-state index contributed by atoms with van der Waals surface area (Å²) in [6.07, 6.45) is 4.97. The summed E-state index contributed by atoms with van der Waals surface area (Å²) in [5.74, 6) is 2.81. The van der Waals surface area contributed by atoms with E-state index < -0.39 is 0 Å². The Hall–Kier alpha value is -1.03. The molecule has 1 aromatic rings. The van der Waals surface area contributed by atoms with Gasteiger partial charge in [-0.15, -0.1) is 0 Å². The van der Waals surface area contributed by atoms with Crippen LogP contribution in [0.5, 0.6) is 0 Å². The van der Waals surface area contributed by atoms with E-state index in [1.807, 2.05) is 0 Å². The monoisotopic (exact) mass is 280 g/mol. The number of nitrogens with zero attached hydrogens (tertiary/aromatic N) is 4. The summed E-state index contributed by atoms with van der Waals surface area (Å²) in [7, 11) is 0. The van der Waals surface area contributed by atoms with Crippen molar-refractivity contribution in [3.63, 3.8) is 0 Å². The van der Waals surface area contributed by atoms with Crippen molar-refractivity contribution in [2.75, 3.05) is 36.0 Å². The van der Waals surface area contributed by atoms with Crippen molar-refractivity contribution in [3.05, 3.63) is 11.3 Å². The molecule has 0 radical (unpaired) electrons. The van der Waals surface area contributed by atoms with Crippen molar-refractivity contribution in [2.45, 2.75) is 32.6 Å². The SMILES string of the molecule is CC1CCN(c2cc(N3CCCC3)nc(Cl)n2)CC1. The molecule has 0 N–H and O–H groups in total. The van der Waals surface area contributed by atoms with Gasteiger partial charge in [0.05, 0.1) is 0 Å². The van der Waals surface area contributed by atoms with Crippen LogP contribution in [0.3, 0.4) is 0 Å². The van der Waals surface area contributed by atoms with Gasteiger partial charge in [0.25, 0.3) is 0 Å². The molecule has 0 spiro atoms. The molecule has 0 aromatic carbocycles. The molecule has 2 aliphatic rings. The third-order valence-electron chi connectivity index (χ3n) is 4.21. The fourth-order valence-corrected chi connectivity index (χ4v) is 3.08. The first-order chi connectivity index (χ1) is 9.22. The van der Waals surface area contributed by atoms with Crippen molar-refractivity contribution >= 4 is 23.2 Å².